The molecule has 0 aliphatic carbocycles. The normalized spacial score (nSPS) is 11.3. The van der Waals surface area contributed by atoms with Gasteiger partial charge in [0.15, 0.2) is 0 Å². The van der Waals surface area contributed by atoms with E-state index in [9.17, 15) is 9.50 Å². The molecule has 0 bridgehead atoms. The van der Waals surface area contributed by atoms with Crippen LogP contribution in [-0.4, -0.2) is 27.0 Å². The summed E-state index contributed by atoms with van der Waals surface area (Å²) in [7, 11) is 1.66. The maximum atomic E-state index is 14.0. The van der Waals surface area contributed by atoms with E-state index in [0.29, 0.717) is 0 Å². The molecule has 2 aromatic carbocycles. The summed E-state index contributed by atoms with van der Waals surface area (Å²) in [5, 5.41) is 17.6. The molecule has 2 N–H and O–H groups in total. The predicted octanol–water partition coefficient (Wildman–Crippen LogP) is 7.43. The summed E-state index contributed by atoms with van der Waals surface area (Å²) in [5.41, 5.74) is 5.00. The Balaban J connectivity index is 1.32. The highest BCUT2D eigenvalue weighted by molar-refractivity contribution is 5.78. The Morgan fingerprint density at radius 2 is 1.54 bits per heavy atom. The van der Waals surface area contributed by atoms with Gasteiger partial charge in [0.1, 0.15) is 5.60 Å². The fourth-order valence-corrected chi connectivity index (χ4v) is 4.52. The molecule has 0 spiro atoms. The van der Waals surface area contributed by atoms with Crippen LogP contribution in [0.3, 0.4) is 0 Å². The van der Waals surface area contributed by atoms with Gasteiger partial charge in [-0.1, -0.05) is 80.7 Å². The summed E-state index contributed by atoms with van der Waals surface area (Å²) in [5.74, 6) is 5.71. The zero-order chi connectivity index (χ0) is 26.7. The van der Waals surface area contributed by atoms with Crippen LogP contribution in [0.1, 0.15) is 82.0 Å². The average molecular weight is 504 g/mol. The molecule has 0 radical (unpaired) electrons. The molecule has 4 nitrogen and oxygen atoms in total. The van der Waals surface area contributed by atoms with Gasteiger partial charge in [-0.2, -0.15) is 9.49 Å². The van der Waals surface area contributed by atoms with E-state index < -0.39 is 5.60 Å². The lowest BCUT2D eigenvalue weighted by molar-refractivity contribution is 0.143. The first-order chi connectivity index (χ1) is 17.7. The van der Waals surface area contributed by atoms with E-state index in [1.165, 1.54) is 42.3 Å². The van der Waals surface area contributed by atoms with E-state index in [1.54, 1.807) is 20.9 Å². The van der Waals surface area contributed by atoms with Gasteiger partial charge in [0.25, 0.3) is 0 Å². The number of anilines is 1. The van der Waals surface area contributed by atoms with Gasteiger partial charge in [-0.15, -0.1) is 0 Å². The van der Waals surface area contributed by atoms with Crippen molar-refractivity contribution in [2.24, 2.45) is 7.05 Å². The van der Waals surface area contributed by atoms with Crippen molar-refractivity contribution in [3.05, 3.63) is 71.3 Å². The maximum Gasteiger partial charge on any atom is 0.214 e. The van der Waals surface area contributed by atoms with Gasteiger partial charge in [0.05, 0.1) is 5.69 Å². The molecule has 3 aromatic rings. The Labute approximate surface area is 222 Å². The summed E-state index contributed by atoms with van der Waals surface area (Å²) in [6.07, 6.45) is 10.3. The topological polar surface area (TPSA) is 50.1 Å². The van der Waals surface area contributed by atoms with Crippen molar-refractivity contribution >= 4 is 5.69 Å². The molecule has 3 rings (SSSR count). The number of aromatic nitrogens is 2. The van der Waals surface area contributed by atoms with Gasteiger partial charge in [-0.25, -0.2) is 4.68 Å². The molecule has 37 heavy (non-hydrogen) atoms. The molecule has 0 unspecified atom stereocenters. The standard InChI is InChI=1S/C32H42FN3O/c1-25-28(31(33)36(4)35-25)15-11-9-7-5-6-8-10-14-24-34-30-17-13-12-16-29(30)27-20-18-26(19-21-27)22-23-32(2,3)37/h12-13,16-21,34,37H,5-11,14-15,24H2,1-4H3. The smallest absolute Gasteiger partial charge is 0.214 e. The molecule has 0 fully saturated rings. The van der Waals surface area contributed by atoms with Gasteiger partial charge < -0.3 is 10.4 Å². The van der Waals surface area contributed by atoms with Crippen molar-refractivity contribution in [1.82, 2.24) is 9.78 Å². The number of aryl methyl sites for hydroxylation is 2. The Morgan fingerprint density at radius 3 is 2.16 bits per heavy atom. The van der Waals surface area contributed by atoms with E-state index in [-0.39, 0.29) is 5.95 Å². The number of aliphatic hydroxyl groups is 1. The SMILES string of the molecule is Cc1nn(C)c(F)c1CCCCCCCCCCNc1ccccc1-c1ccc(C#CC(C)(C)O)cc1. The summed E-state index contributed by atoms with van der Waals surface area (Å²) in [4.78, 5) is 0. The first-order valence-electron chi connectivity index (χ1n) is 13.6. The van der Waals surface area contributed by atoms with Crippen molar-refractivity contribution in [3.8, 4) is 23.0 Å². The minimum Gasteiger partial charge on any atom is -0.385 e. The summed E-state index contributed by atoms with van der Waals surface area (Å²) >= 11 is 0. The molecule has 0 aliphatic heterocycles. The third kappa shape index (κ3) is 9.37. The highest BCUT2D eigenvalue weighted by Crippen LogP contribution is 2.28. The lowest BCUT2D eigenvalue weighted by atomic mass is 10.0. The van der Waals surface area contributed by atoms with Crippen LogP contribution in [-0.2, 0) is 13.5 Å². The molecule has 0 aliphatic rings. The second-order valence-electron chi connectivity index (χ2n) is 10.4. The number of hydrogen-bond donors (Lipinski definition) is 2. The predicted molar refractivity (Wildman–Crippen MR) is 152 cm³/mol. The minimum absolute atomic E-state index is 0.181. The number of rotatable bonds is 13. The third-order valence-electron chi connectivity index (χ3n) is 6.57. The van der Waals surface area contributed by atoms with Crippen LogP contribution in [0.2, 0.25) is 0 Å². The second kappa shape index (κ2) is 14.0. The molecular formula is C32H42FN3O. The number of para-hydroxylation sites is 1. The van der Waals surface area contributed by atoms with E-state index in [2.05, 4.69) is 58.7 Å². The molecular weight excluding hydrogens is 461 g/mol. The molecule has 5 heteroatoms. The monoisotopic (exact) mass is 503 g/mol. The number of unbranched alkanes of at least 4 members (excludes halogenated alkanes) is 7. The van der Waals surface area contributed by atoms with Crippen LogP contribution in [0, 0.1) is 24.7 Å². The Morgan fingerprint density at radius 1 is 0.919 bits per heavy atom. The zero-order valence-corrected chi connectivity index (χ0v) is 22.9. The van der Waals surface area contributed by atoms with Crippen LogP contribution < -0.4 is 5.32 Å². The summed E-state index contributed by atoms with van der Waals surface area (Å²) < 4.78 is 15.3. The van der Waals surface area contributed by atoms with Crippen LogP contribution >= 0.6 is 0 Å². The fourth-order valence-electron chi connectivity index (χ4n) is 4.52. The largest absolute Gasteiger partial charge is 0.385 e. The van der Waals surface area contributed by atoms with Crippen molar-refractivity contribution in [3.63, 3.8) is 0 Å². The Kier molecular flexibility index (Phi) is 10.8. The number of benzene rings is 2. The zero-order valence-electron chi connectivity index (χ0n) is 22.9. The lowest BCUT2D eigenvalue weighted by Gasteiger charge is -2.12. The second-order valence-corrected chi connectivity index (χ2v) is 10.4. The maximum absolute atomic E-state index is 14.0. The highest BCUT2D eigenvalue weighted by Gasteiger charge is 2.12. The number of halogens is 1. The average Bonchev–Trinajstić information content (AvgIpc) is 3.12. The van der Waals surface area contributed by atoms with Gasteiger partial charge in [-0.05, 0) is 63.8 Å². The molecule has 198 valence electrons. The van der Waals surface area contributed by atoms with Gasteiger partial charge in [0, 0.05) is 36.0 Å². The van der Waals surface area contributed by atoms with E-state index in [4.69, 9.17) is 0 Å². The fraction of sp³-hybridized carbons (Fsp3) is 0.469. The molecule has 1 heterocycles. The molecule has 0 saturated carbocycles. The van der Waals surface area contributed by atoms with Crippen molar-refractivity contribution in [2.75, 3.05) is 11.9 Å². The Bertz CT molecular complexity index is 1180. The lowest BCUT2D eigenvalue weighted by Crippen LogP contribution is -2.14. The third-order valence-corrected chi connectivity index (χ3v) is 6.57. The molecule has 0 amide bonds. The van der Waals surface area contributed by atoms with Gasteiger partial charge in [-0.3, -0.25) is 0 Å². The quantitative estimate of drug-likeness (QED) is 0.188. The van der Waals surface area contributed by atoms with E-state index in [1.807, 2.05) is 19.1 Å². The summed E-state index contributed by atoms with van der Waals surface area (Å²) in [6.45, 7) is 6.23. The summed E-state index contributed by atoms with van der Waals surface area (Å²) in [6, 6.07) is 16.6. The van der Waals surface area contributed by atoms with Gasteiger partial charge in [0.2, 0.25) is 5.95 Å². The van der Waals surface area contributed by atoms with Gasteiger partial charge >= 0.3 is 0 Å². The Hall–Kier alpha value is -3.10. The van der Waals surface area contributed by atoms with Crippen molar-refractivity contribution < 1.29 is 9.50 Å². The minimum atomic E-state index is -0.989. The molecule has 1 aromatic heterocycles. The highest BCUT2D eigenvalue weighted by atomic mass is 19.1. The molecule has 0 saturated heterocycles. The van der Waals surface area contributed by atoms with Crippen molar-refractivity contribution in [2.45, 2.75) is 84.2 Å². The van der Waals surface area contributed by atoms with Crippen molar-refractivity contribution in [1.29, 1.82) is 0 Å². The number of nitrogens with one attached hydrogen (secondary N) is 1. The molecule has 0 atom stereocenters. The number of hydrogen-bond acceptors (Lipinski definition) is 3. The van der Waals surface area contributed by atoms with Crippen LogP contribution in [0.4, 0.5) is 10.1 Å². The first-order valence-corrected chi connectivity index (χ1v) is 13.6. The van der Waals surface area contributed by atoms with Crippen LogP contribution in [0.25, 0.3) is 11.1 Å². The van der Waals surface area contributed by atoms with Crippen LogP contribution in [0.15, 0.2) is 48.5 Å². The van der Waals surface area contributed by atoms with E-state index in [0.717, 1.165) is 60.3 Å². The first kappa shape index (κ1) is 28.5. The van der Waals surface area contributed by atoms with Crippen LogP contribution in [0.5, 0.6) is 0 Å². The number of nitrogens with zero attached hydrogens (tertiary/aromatic N) is 2. The van der Waals surface area contributed by atoms with E-state index >= 15 is 0 Å².